The Morgan fingerprint density at radius 3 is 2.11 bits per heavy atom. The molecule has 1 aromatic rings. The van der Waals surface area contributed by atoms with Crippen molar-refractivity contribution in [2.24, 2.45) is 0 Å². The van der Waals surface area contributed by atoms with Crippen molar-refractivity contribution in [3.8, 4) is 0 Å². The first kappa shape index (κ1) is 18.0. The lowest BCUT2D eigenvalue weighted by Crippen LogP contribution is -2.28. The van der Waals surface area contributed by atoms with Gasteiger partial charge in [-0.05, 0) is 36.2 Å². The summed E-state index contributed by atoms with van der Waals surface area (Å²) in [5, 5.41) is 0.430. The van der Waals surface area contributed by atoms with Gasteiger partial charge in [-0.25, -0.2) is 8.42 Å². The first-order valence-corrected chi connectivity index (χ1v) is 8.89. The van der Waals surface area contributed by atoms with Gasteiger partial charge in [-0.15, -0.1) is 26.9 Å². The van der Waals surface area contributed by atoms with Crippen LogP contribution in [0.25, 0.3) is 0 Å². The average Bonchev–Trinajstić information content (AvgIpc) is 2.28. The number of rotatable bonds is 5. The van der Waals surface area contributed by atoms with Crippen LogP contribution < -0.4 is 0 Å². The topological polar surface area (TPSA) is 37.4 Å². The molecule has 0 aliphatic heterocycles. The molecule has 0 spiro atoms. The number of benzene rings is 1. The van der Waals surface area contributed by atoms with Gasteiger partial charge in [-0.1, -0.05) is 34.8 Å². The SMILES string of the molecule is CN(SC(Cl)(Cl)C(Cl)Cl)S(=O)(=O)c1ccc(Cl)cc1. The van der Waals surface area contributed by atoms with Crippen LogP contribution in [-0.4, -0.2) is 27.7 Å². The average molecular weight is 404 g/mol. The normalized spacial score (nSPS) is 13.3. The lowest BCUT2D eigenvalue weighted by molar-refractivity contribution is 0.564. The molecule has 108 valence electrons. The van der Waals surface area contributed by atoms with E-state index in [9.17, 15) is 8.42 Å². The molecule has 3 nitrogen and oxygen atoms in total. The summed E-state index contributed by atoms with van der Waals surface area (Å²) in [6.07, 6.45) is 0. The second-order valence-electron chi connectivity index (χ2n) is 3.32. The molecule has 0 aliphatic carbocycles. The van der Waals surface area contributed by atoms with E-state index in [1.54, 1.807) is 0 Å². The second-order valence-corrected chi connectivity index (χ2v) is 10.3. The predicted molar refractivity (Wildman–Crippen MR) is 83.9 cm³/mol. The Hall–Kier alpha value is 0.930. The van der Waals surface area contributed by atoms with E-state index in [1.807, 2.05) is 0 Å². The van der Waals surface area contributed by atoms with E-state index in [4.69, 9.17) is 58.0 Å². The highest BCUT2D eigenvalue weighted by atomic mass is 35.5. The molecule has 0 fully saturated rings. The summed E-state index contributed by atoms with van der Waals surface area (Å²) in [4.78, 5) is -1.11. The van der Waals surface area contributed by atoms with E-state index in [0.717, 1.165) is 3.71 Å². The van der Waals surface area contributed by atoms with Crippen molar-refractivity contribution in [1.29, 1.82) is 0 Å². The maximum atomic E-state index is 12.2. The second kappa shape index (κ2) is 6.79. The molecule has 0 saturated heterocycles. The summed E-state index contributed by atoms with van der Waals surface area (Å²) in [6.45, 7) is 0. The molecule has 0 atom stereocenters. The Balaban J connectivity index is 2.98. The Kier molecular flexibility index (Phi) is 6.43. The van der Waals surface area contributed by atoms with Gasteiger partial charge >= 0.3 is 0 Å². The minimum absolute atomic E-state index is 0.0525. The quantitative estimate of drug-likeness (QED) is 0.535. The largest absolute Gasteiger partial charge is 0.252 e. The minimum Gasteiger partial charge on any atom is -0.206 e. The summed E-state index contributed by atoms with van der Waals surface area (Å²) < 4.78 is 23.6. The number of hydrogen-bond acceptors (Lipinski definition) is 3. The van der Waals surface area contributed by atoms with Crippen LogP contribution in [0.4, 0.5) is 0 Å². The van der Waals surface area contributed by atoms with Crippen molar-refractivity contribution in [3.63, 3.8) is 0 Å². The molecule has 0 aromatic heterocycles. The number of hydrogen-bond donors (Lipinski definition) is 0. The standard InChI is InChI=1S/C9H8Cl5NO2S2/c1-15(18-9(13,14)8(11)12)19(16,17)7-4-2-6(10)3-5-7/h2-5,8H,1H3. The number of sulfonamides is 1. The van der Waals surface area contributed by atoms with Gasteiger partial charge in [0.15, 0.2) is 4.84 Å². The Morgan fingerprint density at radius 1 is 1.21 bits per heavy atom. The first-order valence-electron chi connectivity index (χ1n) is 4.67. The van der Waals surface area contributed by atoms with Gasteiger partial charge in [-0.3, -0.25) is 0 Å². The molecule has 0 amide bonds. The van der Waals surface area contributed by atoms with Crippen molar-refractivity contribution < 1.29 is 8.42 Å². The molecule has 1 aromatic carbocycles. The number of halogens is 5. The van der Waals surface area contributed by atoms with Crippen molar-refractivity contribution in [1.82, 2.24) is 3.71 Å². The molecule has 0 N–H and O–H groups in total. The smallest absolute Gasteiger partial charge is 0.206 e. The third kappa shape index (κ3) is 4.71. The molecule has 0 radical (unpaired) electrons. The summed E-state index contributed by atoms with van der Waals surface area (Å²) in [5.41, 5.74) is 0. The highest BCUT2D eigenvalue weighted by Crippen LogP contribution is 2.45. The number of nitrogens with zero attached hydrogens (tertiary/aromatic N) is 1. The van der Waals surface area contributed by atoms with Crippen LogP contribution in [0.3, 0.4) is 0 Å². The van der Waals surface area contributed by atoms with E-state index in [2.05, 4.69) is 0 Å². The van der Waals surface area contributed by atoms with Crippen LogP contribution in [0.2, 0.25) is 5.02 Å². The molecular weight excluding hydrogens is 396 g/mol. The Labute approximate surface area is 141 Å². The molecule has 0 unspecified atom stereocenters. The van der Waals surface area contributed by atoms with Crippen molar-refractivity contribution in [2.75, 3.05) is 7.05 Å². The van der Waals surface area contributed by atoms with E-state index < -0.39 is 18.5 Å². The molecular formula is C9H8Cl5NO2S2. The summed E-state index contributed by atoms with van der Waals surface area (Å²) >= 11 is 29.1. The Morgan fingerprint density at radius 2 is 1.68 bits per heavy atom. The summed E-state index contributed by atoms with van der Waals surface area (Å²) in [7, 11) is -2.48. The molecule has 0 bridgehead atoms. The fraction of sp³-hybridized carbons (Fsp3) is 0.333. The third-order valence-corrected chi connectivity index (χ3v) is 7.51. The van der Waals surface area contributed by atoms with Crippen LogP contribution in [0.15, 0.2) is 29.2 Å². The molecule has 10 heteroatoms. The highest BCUT2D eigenvalue weighted by Gasteiger charge is 2.38. The van der Waals surface area contributed by atoms with Crippen LogP contribution >= 0.6 is 70.0 Å². The van der Waals surface area contributed by atoms with Gasteiger partial charge in [0.1, 0.15) is 0 Å². The molecule has 0 saturated carbocycles. The predicted octanol–water partition coefficient (Wildman–Crippen LogP) is 4.54. The Bertz CT molecular complexity index is 532. The molecule has 0 aliphatic rings. The lowest BCUT2D eigenvalue weighted by Gasteiger charge is -2.25. The molecule has 19 heavy (non-hydrogen) atoms. The van der Waals surface area contributed by atoms with E-state index >= 15 is 0 Å². The van der Waals surface area contributed by atoms with Gasteiger partial charge in [0.25, 0.3) is 10.0 Å². The zero-order chi connectivity index (χ0) is 14.8. The van der Waals surface area contributed by atoms with Crippen LogP contribution in [0, 0.1) is 0 Å². The molecule has 0 heterocycles. The lowest BCUT2D eigenvalue weighted by atomic mass is 10.4. The van der Waals surface area contributed by atoms with E-state index in [1.165, 1.54) is 31.3 Å². The van der Waals surface area contributed by atoms with Crippen LogP contribution in [-0.2, 0) is 10.0 Å². The van der Waals surface area contributed by atoms with Gasteiger partial charge in [0, 0.05) is 12.1 Å². The summed E-state index contributed by atoms with van der Waals surface area (Å²) in [5.74, 6) is 0. The van der Waals surface area contributed by atoms with Crippen LogP contribution in [0.1, 0.15) is 0 Å². The van der Waals surface area contributed by atoms with E-state index in [-0.39, 0.29) is 4.90 Å². The molecule has 1 rings (SSSR count). The monoisotopic (exact) mass is 401 g/mol. The first-order chi connectivity index (χ1) is 8.57. The van der Waals surface area contributed by atoms with Crippen molar-refractivity contribution in [2.45, 2.75) is 13.4 Å². The zero-order valence-electron chi connectivity index (χ0n) is 9.36. The number of alkyl halides is 4. The highest BCUT2D eigenvalue weighted by molar-refractivity contribution is 8.11. The maximum absolute atomic E-state index is 12.2. The zero-order valence-corrected chi connectivity index (χ0v) is 14.8. The van der Waals surface area contributed by atoms with Crippen LogP contribution in [0.5, 0.6) is 0 Å². The third-order valence-electron chi connectivity index (χ3n) is 1.95. The van der Waals surface area contributed by atoms with Gasteiger partial charge in [0.2, 0.25) is 3.67 Å². The fourth-order valence-electron chi connectivity index (χ4n) is 1.02. The maximum Gasteiger partial charge on any atom is 0.252 e. The van der Waals surface area contributed by atoms with E-state index in [0.29, 0.717) is 17.0 Å². The van der Waals surface area contributed by atoms with Gasteiger partial charge in [-0.2, -0.15) is 0 Å². The van der Waals surface area contributed by atoms with Crippen molar-refractivity contribution >= 4 is 80.0 Å². The van der Waals surface area contributed by atoms with Gasteiger partial charge in [0.05, 0.1) is 4.90 Å². The van der Waals surface area contributed by atoms with Gasteiger partial charge < -0.3 is 0 Å². The minimum atomic E-state index is -3.77. The summed E-state index contributed by atoms with van der Waals surface area (Å²) in [6, 6.07) is 5.68. The fourth-order valence-corrected chi connectivity index (χ4v) is 4.45. The van der Waals surface area contributed by atoms with Crippen molar-refractivity contribution in [3.05, 3.63) is 29.3 Å².